The molecule has 0 radical (unpaired) electrons. The van der Waals surface area contributed by atoms with Gasteiger partial charge in [-0.2, -0.15) is 0 Å². The van der Waals surface area contributed by atoms with E-state index in [4.69, 9.17) is 9.84 Å². The van der Waals surface area contributed by atoms with Gasteiger partial charge in [0.25, 0.3) is 0 Å². The summed E-state index contributed by atoms with van der Waals surface area (Å²) >= 11 is 0. The molecular formula is C17H23NO6. The number of ether oxygens (including phenoxy) is 1. The maximum Gasteiger partial charge on any atom is 0.411 e. The fourth-order valence-corrected chi connectivity index (χ4v) is 2.28. The van der Waals surface area contributed by atoms with Crippen LogP contribution in [0.4, 0.5) is 4.79 Å². The van der Waals surface area contributed by atoms with E-state index >= 15 is 0 Å². The van der Waals surface area contributed by atoms with Gasteiger partial charge in [0.15, 0.2) is 0 Å². The number of carbonyl (C=O) groups excluding carboxylic acids is 1. The first-order valence-electron chi connectivity index (χ1n) is 7.57. The van der Waals surface area contributed by atoms with Crippen LogP contribution in [0.25, 0.3) is 0 Å². The monoisotopic (exact) mass is 337 g/mol. The van der Waals surface area contributed by atoms with Gasteiger partial charge in [-0.3, -0.25) is 9.69 Å². The van der Waals surface area contributed by atoms with Crippen molar-refractivity contribution >= 4 is 18.0 Å². The molecule has 0 aromatic heterocycles. The quantitative estimate of drug-likeness (QED) is 0.793. The second-order valence-corrected chi connectivity index (χ2v) is 6.37. The number of nitrogens with zero attached hydrogens (tertiary/aromatic N) is 1. The highest BCUT2D eigenvalue weighted by Crippen LogP contribution is 2.22. The standard InChI is InChI=1S/C17H23NO6/c1-17(2,3)18(13(15(21)22)9-10-14(19)20)16(23)24-11-12-7-5-4-6-8-12/h4-8,13H,9-11H2,1-3H3,(H,19,20)(H,21,22)/t13-/m0/s1. The zero-order valence-electron chi connectivity index (χ0n) is 14.1. The van der Waals surface area contributed by atoms with Crippen molar-refractivity contribution in [3.05, 3.63) is 35.9 Å². The third-order valence-corrected chi connectivity index (χ3v) is 3.35. The molecule has 1 amide bonds. The van der Waals surface area contributed by atoms with Crippen molar-refractivity contribution < 1.29 is 29.3 Å². The largest absolute Gasteiger partial charge is 0.481 e. The van der Waals surface area contributed by atoms with Crippen molar-refractivity contribution in [2.24, 2.45) is 0 Å². The first-order chi connectivity index (χ1) is 11.1. The molecule has 0 fully saturated rings. The summed E-state index contributed by atoms with van der Waals surface area (Å²) in [6.45, 7) is 5.03. The Morgan fingerprint density at radius 2 is 1.71 bits per heavy atom. The van der Waals surface area contributed by atoms with Crippen LogP contribution in [0.2, 0.25) is 0 Å². The zero-order valence-corrected chi connectivity index (χ0v) is 14.1. The van der Waals surface area contributed by atoms with Crippen LogP contribution in [0.3, 0.4) is 0 Å². The van der Waals surface area contributed by atoms with Crippen molar-refractivity contribution in [3.63, 3.8) is 0 Å². The Hall–Kier alpha value is -2.57. The van der Waals surface area contributed by atoms with Crippen LogP contribution in [-0.2, 0) is 20.9 Å². The van der Waals surface area contributed by atoms with Gasteiger partial charge in [-0.05, 0) is 32.8 Å². The van der Waals surface area contributed by atoms with Gasteiger partial charge >= 0.3 is 18.0 Å². The van der Waals surface area contributed by atoms with Crippen LogP contribution in [0.15, 0.2) is 30.3 Å². The predicted octanol–water partition coefficient (Wildman–Crippen LogP) is 2.74. The molecule has 0 aliphatic carbocycles. The van der Waals surface area contributed by atoms with Crippen LogP contribution in [-0.4, -0.2) is 44.7 Å². The van der Waals surface area contributed by atoms with Crippen molar-refractivity contribution in [2.75, 3.05) is 0 Å². The number of amides is 1. The van der Waals surface area contributed by atoms with E-state index in [9.17, 15) is 19.5 Å². The predicted molar refractivity (Wildman–Crippen MR) is 86.5 cm³/mol. The lowest BCUT2D eigenvalue weighted by Gasteiger charge is -2.38. The summed E-state index contributed by atoms with van der Waals surface area (Å²) in [5, 5.41) is 18.2. The molecule has 0 aliphatic heterocycles. The van der Waals surface area contributed by atoms with Crippen LogP contribution in [0.5, 0.6) is 0 Å². The molecule has 1 aromatic rings. The van der Waals surface area contributed by atoms with Crippen molar-refractivity contribution in [1.29, 1.82) is 0 Å². The number of benzene rings is 1. The highest BCUT2D eigenvalue weighted by Gasteiger charge is 2.38. The fraction of sp³-hybridized carbons (Fsp3) is 0.471. The Labute approximate surface area is 140 Å². The molecule has 1 atom stereocenters. The molecule has 0 spiro atoms. The van der Waals surface area contributed by atoms with Crippen molar-refractivity contribution in [3.8, 4) is 0 Å². The third-order valence-electron chi connectivity index (χ3n) is 3.35. The lowest BCUT2D eigenvalue weighted by molar-refractivity contribution is -0.146. The summed E-state index contributed by atoms with van der Waals surface area (Å²) in [6.07, 6.45) is -1.33. The maximum atomic E-state index is 12.4. The number of aliphatic carboxylic acids is 2. The minimum atomic E-state index is -1.27. The first-order valence-corrected chi connectivity index (χ1v) is 7.57. The van der Waals surface area contributed by atoms with E-state index in [0.717, 1.165) is 10.5 Å². The molecule has 1 rings (SSSR count). The molecule has 24 heavy (non-hydrogen) atoms. The van der Waals surface area contributed by atoms with E-state index in [0.29, 0.717) is 0 Å². The van der Waals surface area contributed by atoms with Crippen molar-refractivity contribution in [2.45, 2.75) is 51.8 Å². The molecule has 7 nitrogen and oxygen atoms in total. The molecular weight excluding hydrogens is 314 g/mol. The van der Waals surface area contributed by atoms with Gasteiger partial charge in [0.2, 0.25) is 0 Å². The van der Waals surface area contributed by atoms with Gasteiger partial charge in [-0.15, -0.1) is 0 Å². The second-order valence-electron chi connectivity index (χ2n) is 6.37. The lowest BCUT2D eigenvalue weighted by atomic mass is 10.0. The summed E-state index contributed by atoms with van der Waals surface area (Å²) in [5.74, 6) is -2.38. The molecule has 2 N–H and O–H groups in total. The summed E-state index contributed by atoms with van der Waals surface area (Å²) in [4.78, 5) is 35.8. The molecule has 0 saturated heterocycles. The SMILES string of the molecule is CC(C)(C)N(C(=O)OCc1ccccc1)[C@@H](CCC(=O)O)C(=O)O. The van der Waals surface area contributed by atoms with Gasteiger partial charge in [0.05, 0.1) is 0 Å². The summed E-state index contributed by atoms with van der Waals surface area (Å²) in [6, 6.07) is 7.74. The Kier molecular flexibility index (Phi) is 6.76. The smallest absolute Gasteiger partial charge is 0.411 e. The third kappa shape index (κ3) is 5.91. The fourth-order valence-electron chi connectivity index (χ4n) is 2.28. The Morgan fingerprint density at radius 3 is 2.17 bits per heavy atom. The average molecular weight is 337 g/mol. The van der Waals surface area contributed by atoms with E-state index in [-0.39, 0.29) is 19.4 Å². The number of carboxylic acid groups (broad SMARTS) is 2. The molecule has 1 aromatic carbocycles. The van der Waals surface area contributed by atoms with E-state index < -0.39 is 29.6 Å². The van der Waals surface area contributed by atoms with Crippen LogP contribution < -0.4 is 0 Å². The topological polar surface area (TPSA) is 104 Å². The summed E-state index contributed by atoms with van der Waals surface area (Å²) in [7, 11) is 0. The Morgan fingerprint density at radius 1 is 1.12 bits per heavy atom. The number of hydrogen-bond acceptors (Lipinski definition) is 4. The summed E-state index contributed by atoms with van der Waals surface area (Å²) in [5.41, 5.74) is -0.0629. The minimum Gasteiger partial charge on any atom is -0.481 e. The minimum absolute atomic E-state index is 0.0114. The molecule has 132 valence electrons. The molecule has 0 bridgehead atoms. The number of carbonyl (C=O) groups is 3. The zero-order chi connectivity index (χ0) is 18.3. The molecule has 0 saturated carbocycles. The van der Waals surface area contributed by atoms with Gasteiger partial charge in [-0.1, -0.05) is 30.3 Å². The van der Waals surface area contributed by atoms with Crippen LogP contribution in [0, 0.1) is 0 Å². The summed E-state index contributed by atoms with van der Waals surface area (Å²) < 4.78 is 5.23. The Bertz CT molecular complexity index is 578. The molecule has 0 aliphatic rings. The lowest BCUT2D eigenvalue weighted by Crippen LogP contribution is -2.55. The van der Waals surface area contributed by atoms with E-state index in [1.54, 1.807) is 45.0 Å². The van der Waals surface area contributed by atoms with Gasteiger partial charge in [0, 0.05) is 12.0 Å². The van der Waals surface area contributed by atoms with E-state index in [2.05, 4.69) is 0 Å². The Balaban J connectivity index is 2.91. The normalized spacial score (nSPS) is 12.3. The van der Waals surface area contributed by atoms with Crippen LogP contribution >= 0.6 is 0 Å². The van der Waals surface area contributed by atoms with Gasteiger partial charge in [0.1, 0.15) is 12.6 Å². The highest BCUT2D eigenvalue weighted by atomic mass is 16.6. The number of carboxylic acids is 2. The van der Waals surface area contributed by atoms with E-state index in [1.807, 2.05) is 6.07 Å². The van der Waals surface area contributed by atoms with Crippen LogP contribution in [0.1, 0.15) is 39.2 Å². The molecule has 0 heterocycles. The van der Waals surface area contributed by atoms with Gasteiger partial charge in [-0.25, -0.2) is 9.59 Å². The van der Waals surface area contributed by atoms with E-state index in [1.165, 1.54) is 0 Å². The number of rotatable bonds is 7. The van der Waals surface area contributed by atoms with Crippen molar-refractivity contribution in [1.82, 2.24) is 4.90 Å². The highest BCUT2D eigenvalue weighted by molar-refractivity contribution is 5.81. The molecule has 0 unspecified atom stereocenters. The second kappa shape index (κ2) is 8.33. The first kappa shape index (κ1) is 19.5. The van der Waals surface area contributed by atoms with Gasteiger partial charge < -0.3 is 14.9 Å². The maximum absolute atomic E-state index is 12.4. The molecule has 7 heteroatoms. The number of hydrogen-bond donors (Lipinski definition) is 2. The average Bonchev–Trinajstić information content (AvgIpc) is 2.48.